The largest absolute Gasteiger partial charge is 0.310 e. The van der Waals surface area contributed by atoms with Gasteiger partial charge in [0, 0.05) is 28.1 Å². The van der Waals surface area contributed by atoms with E-state index in [0.717, 1.165) is 50.9 Å². The Morgan fingerprint density at radius 3 is 1.75 bits per heavy atom. The van der Waals surface area contributed by atoms with E-state index in [1.165, 1.54) is 44.2 Å². The van der Waals surface area contributed by atoms with Crippen LogP contribution in [-0.4, -0.2) is 18.4 Å². The van der Waals surface area contributed by atoms with Gasteiger partial charge in [-0.15, -0.1) is 0 Å². The lowest BCUT2D eigenvalue weighted by atomic mass is 10.00. The lowest BCUT2D eigenvalue weighted by Gasteiger charge is -2.28. The molecule has 0 saturated heterocycles. The monoisotopic (exact) mass is 756 g/mol. The summed E-state index contributed by atoms with van der Waals surface area (Å²) in [6.45, 7) is 4.39. The van der Waals surface area contributed by atoms with Gasteiger partial charge in [-0.2, -0.15) is 0 Å². The quantitative estimate of drug-likeness (QED) is 0.112. The average molecular weight is 757 g/mol. The van der Waals surface area contributed by atoms with Crippen molar-refractivity contribution in [3.8, 4) is 22.3 Å². The Morgan fingerprint density at radius 2 is 1.07 bits per heavy atom. The van der Waals surface area contributed by atoms with Gasteiger partial charge in [-0.3, -0.25) is 4.99 Å². The van der Waals surface area contributed by atoms with Crippen LogP contribution in [0.4, 0.5) is 17.1 Å². The van der Waals surface area contributed by atoms with Crippen molar-refractivity contribution < 1.29 is 0 Å². The molecule has 0 bridgehead atoms. The fourth-order valence-electron chi connectivity index (χ4n) is 8.32. The molecular weight excluding hydrogens is 717 g/mol. The van der Waals surface area contributed by atoms with Crippen LogP contribution in [0.25, 0.3) is 43.8 Å². The maximum Gasteiger partial charge on any atom is 0.161 e. The van der Waals surface area contributed by atoms with Gasteiger partial charge in [0.25, 0.3) is 0 Å². The van der Waals surface area contributed by atoms with Crippen molar-refractivity contribution in [1.82, 2.24) is 0 Å². The van der Waals surface area contributed by atoms with Crippen LogP contribution in [0.15, 0.2) is 221 Å². The van der Waals surface area contributed by atoms with Crippen molar-refractivity contribution in [3.05, 3.63) is 234 Å². The second-order valence-electron chi connectivity index (χ2n) is 14.9. The van der Waals surface area contributed by atoms with Gasteiger partial charge in [0.15, 0.2) is 11.7 Å². The second kappa shape index (κ2) is 15.7. The van der Waals surface area contributed by atoms with Crippen molar-refractivity contribution >= 4 is 57.0 Å². The molecule has 9 aromatic carbocycles. The molecule has 59 heavy (non-hydrogen) atoms. The van der Waals surface area contributed by atoms with Gasteiger partial charge in [-0.25, -0.2) is 9.98 Å². The maximum absolute atomic E-state index is 5.21. The highest BCUT2D eigenvalue weighted by atomic mass is 15.1. The summed E-state index contributed by atoms with van der Waals surface area (Å²) in [6.07, 6.45) is 0.855. The summed E-state index contributed by atoms with van der Waals surface area (Å²) >= 11 is 0. The number of rotatable bonds is 8. The first-order chi connectivity index (χ1) is 29.2. The number of hydrogen-bond acceptors (Lipinski definition) is 2. The molecule has 0 spiro atoms. The highest BCUT2D eigenvalue weighted by molar-refractivity contribution is 6.14. The zero-order valence-electron chi connectivity index (χ0n) is 32.5. The van der Waals surface area contributed by atoms with Gasteiger partial charge in [-0.05, 0) is 111 Å². The van der Waals surface area contributed by atoms with E-state index in [1.54, 1.807) is 0 Å². The minimum absolute atomic E-state index is 0.466. The molecular formula is C55H40N4. The number of anilines is 3. The number of benzene rings is 9. The van der Waals surface area contributed by atoms with E-state index in [0.29, 0.717) is 18.2 Å². The van der Waals surface area contributed by atoms with Crippen LogP contribution >= 0.6 is 0 Å². The number of fused-ring (bicyclic) bond motifs is 5. The Labute approximate surface area is 344 Å². The standard InChI is InChI=1S/C55H40N4/c1-56-54(46-26-24-40-15-8-10-17-43(40)34-46)58-55(47-27-25-41-16-9-11-18-44(41)35-47)57-37-38-23-32-51-48(33-38)36-45-19-12-22-52(53(45)51)59(49-20-6-3-7-21-49)50-30-28-42(29-31-50)39-13-4-2-5-14-39/h2-35H,1,36-37H2. The number of hydrogen-bond donors (Lipinski definition) is 0. The van der Waals surface area contributed by atoms with Crippen molar-refractivity contribution in [2.75, 3.05) is 4.90 Å². The number of nitrogens with zero attached hydrogens (tertiary/aromatic N) is 4. The molecule has 0 fully saturated rings. The summed E-state index contributed by atoms with van der Waals surface area (Å²) in [7, 11) is 0. The van der Waals surface area contributed by atoms with Crippen LogP contribution in [-0.2, 0) is 13.0 Å². The molecule has 0 radical (unpaired) electrons. The van der Waals surface area contributed by atoms with Gasteiger partial charge in [0.2, 0.25) is 0 Å². The fourth-order valence-corrected chi connectivity index (χ4v) is 8.32. The van der Waals surface area contributed by atoms with Crippen LogP contribution in [0.2, 0.25) is 0 Å². The fraction of sp³-hybridized carbons (Fsp3) is 0.0364. The molecule has 0 heterocycles. The van der Waals surface area contributed by atoms with E-state index >= 15 is 0 Å². The maximum atomic E-state index is 5.21. The molecule has 9 aromatic rings. The minimum atomic E-state index is 0.466. The molecule has 4 heteroatoms. The third kappa shape index (κ3) is 7.13. The molecule has 280 valence electrons. The zero-order valence-corrected chi connectivity index (χ0v) is 32.5. The Balaban J connectivity index is 1.01. The van der Waals surface area contributed by atoms with Crippen molar-refractivity contribution in [1.29, 1.82) is 0 Å². The molecule has 0 aliphatic heterocycles. The molecule has 0 atom stereocenters. The van der Waals surface area contributed by atoms with Crippen LogP contribution in [0.5, 0.6) is 0 Å². The number of aliphatic imine (C=N–C) groups is 3. The lowest BCUT2D eigenvalue weighted by Crippen LogP contribution is -2.11. The highest BCUT2D eigenvalue weighted by Crippen LogP contribution is 2.47. The Kier molecular flexibility index (Phi) is 9.49. The van der Waals surface area contributed by atoms with E-state index in [4.69, 9.17) is 9.98 Å². The Hall–Kier alpha value is -7.69. The molecule has 0 N–H and O–H groups in total. The Morgan fingerprint density at radius 1 is 0.475 bits per heavy atom. The second-order valence-corrected chi connectivity index (χ2v) is 14.9. The van der Waals surface area contributed by atoms with Crippen molar-refractivity contribution in [3.63, 3.8) is 0 Å². The summed E-state index contributed by atoms with van der Waals surface area (Å²) in [5, 5.41) is 4.60. The molecule has 0 unspecified atom stereocenters. The van der Waals surface area contributed by atoms with Gasteiger partial charge in [-0.1, -0.05) is 164 Å². The first-order valence-corrected chi connectivity index (χ1v) is 20.0. The first-order valence-electron chi connectivity index (χ1n) is 20.0. The minimum Gasteiger partial charge on any atom is -0.310 e. The molecule has 1 aliphatic rings. The lowest BCUT2D eigenvalue weighted by molar-refractivity contribution is 1.05. The molecule has 10 rings (SSSR count). The van der Waals surface area contributed by atoms with E-state index in [2.05, 4.69) is 217 Å². The average Bonchev–Trinajstić information content (AvgIpc) is 3.68. The third-order valence-corrected chi connectivity index (χ3v) is 11.2. The third-order valence-electron chi connectivity index (χ3n) is 11.2. The van der Waals surface area contributed by atoms with Crippen molar-refractivity contribution in [2.45, 2.75) is 13.0 Å². The van der Waals surface area contributed by atoms with Crippen molar-refractivity contribution in [2.24, 2.45) is 15.0 Å². The molecule has 1 aliphatic carbocycles. The van der Waals surface area contributed by atoms with Crippen LogP contribution < -0.4 is 4.90 Å². The predicted octanol–water partition coefficient (Wildman–Crippen LogP) is 13.8. The van der Waals surface area contributed by atoms with Gasteiger partial charge in [0.05, 0.1) is 12.2 Å². The van der Waals surface area contributed by atoms with E-state index < -0.39 is 0 Å². The SMILES string of the molecule is C=NC(=NC(=NCc1ccc2c(c1)Cc1cccc(N(c3ccccc3)c3ccc(-c4ccccc4)cc3)c1-2)c1ccc2ccccc2c1)c1ccc2ccccc2c1. The number of para-hydroxylation sites is 1. The summed E-state index contributed by atoms with van der Waals surface area (Å²) in [5.74, 6) is 1.16. The van der Waals surface area contributed by atoms with Gasteiger partial charge in [0.1, 0.15) is 0 Å². The topological polar surface area (TPSA) is 40.3 Å². The molecule has 0 aromatic heterocycles. The van der Waals surface area contributed by atoms with Crippen LogP contribution in [0.1, 0.15) is 27.8 Å². The van der Waals surface area contributed by atoms with Gasteiger partial charge < -0.3 is 4.90 Å². The number of amidine groups is 2. The summed E-state index contributed by atoms with van der Waals surface area (Å²) < 4.78 is 0. The first kappa shape index (κ1) is 35.7. The normalized spacial score (nSPS) is 12.3. The highest BCUT2D eigenvalue weighted by Gasteiger charge is 2.26. The van der Waals surface area contributed by atoms with Gasteiger partial charge >= 0.3 is 0 Å². The smallest absolute Gasteiger partial charge is 0.161 e. The summed E-state index contributed by atoms with van der Waals surface area (Å²) in [5.41, 5.74) is 13.9. The molecule has 0 saturated carbocycles. The van der Waals surface area contributed by atoms with E-state index in [-0.39, 0.29) is 0 Å². The van der Waals surface area contributed by atoms with Crippen LogP contribution in [0, 0.1) is 0 Å². The predicted molar refractivity (Wildman–Crippen MR) is 249 cm³/mol. The molecule has 4 nitrogen and oxygen atoms in total. The Bertz CT molecular complexity index is 3060. The molecule has 0 amide bonds. The summed E-state index contributed by atoms with van der Waals surface area (Å²) in [6, 6.07) is 73.0. The van der Waals surface area contributed by atoms with Crippen LogP contribution in [0.3, 0.4) is 0 Å². The van der Waals surface area contributed by atoms with E-state index in [9.17, 15) is 0 Å². The van der Waals surface area contributed by atoms with E-state index in [1.807, 2.05) is 6.07 Å². The zero-order chi connectivity index (χ0) is 39.5. The summed E-state index contributed by atoms with van der Waals surface area (Å²) in [4.78, 5) is 17.1.